The summed E-state index contributed by atoms with van der Waals surface area (Å²) in [7, 11) is 0. The average Bonchev–Trinajstić information content (AvgIpc) is 2.83. The summed E-state index contributed by atoms with van der Waals surface area (Å²) in [4.78, 5) is 0. The van der Waals surface area contributed by atoms with Gasteiger partial charge in [-0.15, -0.1) is 0 Å². The van der Waals surface area contributed by atoms with Crippen molar-refractivity contribution in [2.75, 3.05) is 6.54 Å². The Balaban J connectivity index is 1.57. The first-order chi connectivity index (χ1) is 10.8. The minimum atomic E-state index is 0.765. The third-order valence-corrected chi connectivity index (χ3v) is 6.00. The summed E-state index contributed by atoms with van der Waals surface area (Å²) in [5.74, 6) is 0.926. The van der Waals surface area contributed by atoms with E-state index in [4.69, 9.17) is 0 Å². The Morgan fingerprint density at radius 3 is 2.27 bits per heavy atom. The van der Waals surface area contributed by atoms with Crippen molar-refractivity contribution in [2.45, 2.75) is 90.6 Å². The van der Waals surface area contributed by atoms with Crippen LogP contribution in [0.15, 0.2) is 6.07 Å². The summed E-state index contributed by atoms with van der Waals surface area (Å²) < 4.78 is 2.64. The first kappa shape index (κ1) is 16.1. The molecule has 2 saturated carbocycles. The quantitative estimate of drug-likeness (QED) is 0.783. The van der Waals surface area contributed by atoms with Gasteiger partial charge >= 0.3 is 0 Å². The van der Waals surface area contributed by atoms with Crippen molar-refractivity contribution < 1.29 is 0 Å². The van der Waals surface area contributed by atoms with Crippen molar-refractivity contribution in [1.29, 1.82) is 0 Å². The molecule has 0 aliphatic heterocycles. The van der Waals surface area contributed by atoms with E-state index in [9.17, 15) is 0 Å². The smallest absolute Gasteiger partial charge is 0.0335 e. The largest absolute Gasteiger partial charge is 0.346 e. The molecule has 0 unspecified atom stereocenters. The molecule has 0 bridgehead atoms. The number of aromatic nitrogens is 1. The minimum absolute atomic E-state index is 0.765. The lowest BCUT2D eigenvalue weighted by molar-refractivity contribution is 0.340. The SMILES string of the molecule is Cc1cc(CNCC2CCCCC2)c(C)n1C1CCCCC1. The number of aryl methyl sites for hydroxylation is 1. The number of hydrogen-bond acceptors (Lipinski definition) is 1. The lowest BCUT2D eigenvalue weighted by atomic mass is 9.89. The maximum atomic E-state index is 3.74. The van der Waals surface area contributed by atoms with Crippen LogP contribution in [0.2, 0.25) is 0 Å². The van der Waals surface area contributed by atoms with Gasteiger partial charge in [-0.3, -0.25) is 0 Å². The van der Waals surface area contributed by atoms with Crippen LogP contribution >= 0.6 is 0 Å². The van der Waals surface area contributed by atoms with Gasteiger partial charge in [0.1, 0.15) is 0 Å². The van der Waals surface area contributed by atoms with Crippen LogP contribution in [0.1, 0.15) is 87.2 Å². The van der Waals surface area contributed by atoms with Gasteiger partial charge in [-0.2, -0.15) is 0 Å². The molecule has 2 heteroatoms. The Labute approximate surface area is 136 Å². The fourth-order valence-electron chi connectivity index (χ4n) is 4.73. The van der Waals surface area contributed by atoms with Gasteiger partial charge < -0.3 is 9.88 Å². The highest BCUT2D eigenvalue weighted by Gasteiger charge is 2.20. The molecule has 0 radical (unpaired) electrons. The molecule has 0 amide bonds. The van der Waals surface area contributed by atoms with Gasteiger partial charge in [-0.25, -0.2) is 0 Å². The van der Waals surface area contributed by atoms with Crippen LogP contribution in [0.5, 0.6) is 0 Å². The Hall–Kier alpha value is -0.760. The highest BCUT2D eigenvalue weighted by atomic mass is 15.0. The molecule has 1 N–H and O–H groups in total. The number of hydrogen-bond donors (Lipinski definition) is 1. The lowest BCUT2D eigenvalue weighted by Crippen LogP contribution is -2.24. The molecule has 2 aliphatic carbocycles. The monoisotopic (exact) mass is 302 g/mol. The molecule has 3 rings (SSSR count). The summed E-state index contributed by atoms with van der Waals surface area (Å²) in [6, 6.07) is 3.19. The molecular formula is C20H34N2. The van der Waals surface area contributed by atoms with Crippen molar-refractivity contribution in [3.8, 4) is 0 Å². The summed E-state index contributed by atoms with van der Waals surface area (Å²) in [5.41, 5.74) is 4.51. The Bertz CT molecular complexity index is 462. The Morgan fingerprint density at radius 2 is 1.59 bits per heavy atom. The summed E-state index contributed by atoms with van der Waals surface area (Å²) >= 11 is 0. The summed E-state index contributed by atoms with van der Waals surface area (Å²) in [6.45, 7) is 6.90. The van der Waals surface area contributed by atoms with Crippen molar-refractivity contribution in [3.63, 3.8) is 0 Å². The van der Waals surface area contributed by atoms with Crippen molar-refractivity contribution in [3.05, 3.63) is 23.0 Å². The van der Waals surface area contributed by atoms with Crippen molar-refractivity contribution in [2.24, 2.45) is 5.92 Å². The van der Waals surface area contributed by atoms with Crippen LogP contribution in [0, 0.1) is 19.8 Å². The highest BCUT2D eigenvalue weighted by Crippen LogP contribution is 2.32. The van der Waals surface area contributed by atoms with Gasteiger partial charge in [0, 0.05) is 24.0 Å². The average molecular weight is 303 g/mol. The second kappa shape index (κ2) is 7.68. The molecular weight excluding hydrogens is 268 g/mol. The standard InChI is InChI=1S/C20H34N2/c1-16-13-19(15-21-14-18-9-5-3-6-10-18)17(2)22(16)20-11-7-4-8-12-20/h13,18,20-21H,3-12,14-15H2,1-2H3. The van der Waals surface area contributed by atoms with E-state index >= 15 is 0 Å². The molecule has 0 saturated heterocycles. The number of rotatable bonds is 5. The van der Waals surface area contributed by atoms with Crippen molar-refractivity contribution >= 4 is 0 Å². The topological polar surface area (TPSA) is 17.0 Å². The predicted molar refractivity (Wildman–Crippen MR) is 94.3 cm³/mol. The molecule has 2 nitrogen and oxygen atoms in total. The van der Waals surface area contributed by atoms with Crippen LogP contribution in [0.3, 0.4) is 0 Å². The zero-order chi connectivity index (χ0) is 15.4. The number of nitrogens with one attached hydrogen (secondary N) is 1. The van der Waals surface area contributed by atoms with Gasteiger partial charge in [0.2, 0.25) is 0 Å². The summed E-state index contributed by atoms with van der Waals surface area (Å²) in [5, 5.41) is 3.74. The zero-order valence-electron chi connectivity index (χ0n) is 14.7. The second-order valence-electron chi connectivity index (χ2n) is 7.69. The molecule has 1 aromatic heterocycles. The highest BCUT2D eigenvalue weighted by molar-refractivity contribution is 5.27. The first-order valence-electron chi connectivity index (χ1n) is 9.63. The Kier molecular flexibility index (Phi) is 5.62. The lowest BCUT2D eigenvalue weighted by Gasteiger charge is -2.26. The van der Waals surface area contributed by atoms with Crippen LogP contribution in [-0.4, -0.2) is 11.1 Å². The molecule has 22 heavy (non-hydrogen) atoms. The molecule has 0 spiro atoms. The van der Waals surface area contributed by atoms with E-state index in [0.29, 0.717) is 0 Å². The Morgan fingerprint density at radius 1 is 0.955 bits per heavy atom. The fraction of sp³-hybridized carbons (Fsp3) is 0.800. The van der Waals surface area contributed by atoms with Crippen LogP contribution in [0.4, 0.5) is 0 Å². The van der Waals surface area contributed by atoms with Crippen molar-refractivity contribution in [1.82, 2.24) is 9.88 Å². The molecule has 1 aromatic rings. The molecule has 0 aromatic carbocycles. The maximum absolute atomic E-state index is 3.74. The van der Waals surface area contributed by atoms with Crippen LogP contribution in [-0.2, 0) is 6.54 Å². The van der Waals surface area contributed by atoms with Gasteiger partial charge in [0.15, 0.2) is 0 Å². The van der Waals surface area contributed by atoms with Crippen LogP contribution < -0.4 is 5.32 Å². The van der Waals surface area contributed by atoms with Gasteiger partial charge in [-0.1, -0.05) is 38.5 Å². The van der Waals surface area contributed by atoms with E-state index in [-0.39, 0.29) is 0 Å². The zero-order valence-corrected chi connectivity index (χ0v) is 14.7. The van der Waals surface area contributed by atoms with E-state index in [0.717, 1.165) is 18.5 Å². The fourth-order valence-corrected chi connectivity index (χ4v) is 4.73. The van der Waals surface area contributed by atoms with E-state index in [1.807, 2.05) is 0 Å². The molecule has 1 heterocycles. The third kappa shape index (κ3) is 3.76. The normalized spacial score (nSPS) is 21.4. The van der Waals surface area contributed by atoms with E-state index in [1.54, 1.807) is 0 Å². The van der Waals surface area contributed by atoms with Gasteiger partial charge in [-0.05, 0) is 63.6 Å². The molecule has 124 valence electrons. The molecule has 2 aliphatic rings. The van der Waals surface area contributed by atoms with E-state index in [1.165, 1.54) is 87.7 Å². The van der Waals surface area contributed by atoms with E-state index < -0.39 is 0 Å². The first-order valence-corrected chi connectivity index (χ1v) is 9.63. The second-order valence-corrected chi connectivity index (χ2v) is 7.69. The third-order valence-electron chi connectivity index (χ3n) is 6.00. The predicted octanol–water partition coefficient (Wildman–Crippen LogP) is 5.28. The van der Waals surface area contributed by atoms with Gasteiger partial charge in [0.05, 0.1) is 0 Å². The summed E-state index contributed by atoms with van der Waals surface area (Å²) in [6.07, 6.45) is 14.3. The van der Waals surface area contributed by atoms with Crippen LogP contribution in [0.25, 0.3) is 0 Å². The minimum Gasteiger partial charge on any atom is -0.346 e. The molecule has 2 fully saturated rings. The number of nitrogens with zero attached hydrogens (tertiary/aromatic N) is 1. The van der Waals surface area contributed by atoms with E-state index in [2.05, 4.69) is 29.8 Å². The maximum Gasteiger partial charge on any atom is 0.0335 e. The molecule has 0 atom stereocenters. The van der Waals surface area contributed by atoms with Gasteiger partial charge in [0.25, 0.3) is 0 Å².